The summed E-state index contributed by atoms with van der Waals surface area (Å²) >= 11 is 0. The first-order valence-corrected chi connectivity index (χ1v) is 10.5. The van der Waals surface area contributed by atoms with E-state index in [4.69, 9.17) is 0 Å². The van der Waals surface area contributed by atoms with Crippen LogP contribution in [-0.4, -0.2) is 57.6 Å². The van der Waals surface area contributed by atoms with Gasteiger partial charge in [0.15, 0.2) is 19.7 Å². The molecule has 2 atom stereocenters. The average molecular weight is 329 g/mol. The summed E-state index contributed by atoms with van der Waals surface area (Å²) in [7, 11) is -6.91. The van der Waals surface area contributed by atoms with Gasteiger partial charge >= 0.3 is 0 Å². The number of nitrogens with zero attached hydrogens (tertiary/aromatic N) is 1. The zero-order chi connectivity index (χ0) is 15.1. The number of hydrogen-bond donors (Lipinski definition) is 0. The molecule has 3 rings (SSSR count). The lowest BCUT2D eigenvalue weighted by atomic mass is 10.2. The van der Waals surface area contributed by atoms with Crippen LogP contribution in [-0.2, 0) is 19.7 Å². The molecule has 0 aliphatic carbocycles. The zero-order valence-electron chi connectivity index (χ0n) is 11.7. The summed E-state index contributed by atoms with van der Waals surface area (Å²) in [6.07, 6.45) is 2.02. The van der Waals surface area contributed by atoms with Crippen LogP contribution in [0.2, 0.25) is 0 Å². The van der Waals surface area contributed by atoms with Gasteiger partial charge in [-0.2, -0.15) is 0 Å². The molecule has 0 radical (unpaired) electrons. The van der Waals surface area contributed by atoms with Crippen molar-refractivity contribution in [1.82, 2.24) is 4.90 Å². The quantitative estimate of drug-likeness (QED) is 0.817. The van der Waals surface area contributed by atoms with Gasteiger partial charge < -0.3 is 0 Å². The molecule has 1 aromatic rings. The van der Waals surface area contributed by atoms with Gasteiger partial charge in [0.25, 0.3) is 0 Å². The smallest absolute Gasteiger partial charge is 0.183 e. The van der Waals surface area contributed by atoms with Crippen LogP contribution >= 0.6 is 0 Å². The number of benzene rings is 1. The highest BCUT2D eigenvalue weighted by molar-refractivity contribution is 7.96. The van der Waals surface area contributed by atoms with E-state index in [0.717, 1.165) is 25.9 Å². The molecular formula is C14H19NO4S2. The maximum Gasteiger partial charge on any atom is 0.183 e. The van der Waals surface area contributed by atoms with Crippen molar-refractivity contribution in [1.29, 1.82) is 0 Å². The highest BCUT2D eigenvalue weighted by Crippen LogP contribution is 2.30. The Labute approximate surface area is 125 Å². The van der Waals surface area contributed by atoms with Crippen molar-refractivity contribution in [3.05, 3.63) is 30.3 Å². The Bertz CT molecular complexity index is 707. The van der Waals surface area contributed by atoms with E-state index in [9.17, 15) is 16.8 Å². The predicted molar refractivity (Wildman–Crippen MR) is 80.7 cm³/mol. The van der Waals surface area contributed by atoms with Crippen LogP contribution < -0.4 is 0 Å². The summed E-state index contributed by atoms with van der Waals surface area (Å²) in [4.78, 5) is 2.26. The van der Waals surface area contributed by atoms with Gasteiger partial charge in [0.1, 0.15) is 0 Å². The summed E-state index contributed by atoms with van der Waals surface area (Å²) in [6, 6.07) is 7.77. The molecule has 2 heterocycles. The van der Waals surface area contributed by atoms with Crippen molar-refractivity contribution < 1.29 is 16.8 Å². The second-order valence-electron chi connectivity index (χ2n) is 5.78. The fourth-order valence-electron chi connectivity index (χ4n) is 3.29. The Kier molecular flexibility index (Phi) is 3.83. The molecule has 0 N–H and O–H groups in total. The molecule has 2 saturated heterocycles. The van der Waals surface area contributed by atoms with Crippen LogP contribution in [0.3, 0.4) is 0 Å². The second-order valence-corrected chi connectivity index (χ2v) is 10.1. The van der Waals surface area contributed by atoms with Crippen LogP contribution in [0, 0.1) is 0 Å². The summed E-state index contributed by atoms with van der Waals surface area (Å²) < 4.78 is 49.6. The molecular weight excluding hydrogens is 310 g/mol. The third-order valence-corrected chi connectivity index (χ3v) is 8.49. The molecule has 7 heteroatoms. The van der Waals surface area contributed by atoms with E-state index in [0.29, 0.717) is 0 Å². The van der Waals surface area contributed by atoms with Gasteiger partial charge in [-0.25, -0.2) is 16.8 Å². The maximum atomic E-state index is 12.8. The summed E-state index contributed by atoms with van der Waals surface area (Å²) in [5.74, 6) is -0.297. The molecule has 1 aromatic carbocycles. The van der Waals surface area contributed by atoms with Crippen molar-refractivity contribution >= 4 is 19.7 Å². The van der Waals surface area contributed by atoms with Crippen LogP contribution in [0.4, 0.5) is 0 Å². The number of likely N-dealkylation sites (tertiary alicyclic amines) is 1. The normalized spacial score (nSPS) is 29.7. The molecule has 2 fully saturated rings. The van der Waals surface area contributed by atoms with E-state index in [2.05, 4.69) is 0 Å². The minimum Gasteiger partial charge on any atom is -0.298 e. The van der Waals surface area contributed by atoms with Gasteiger partial charge in [-0.3, -0.25) is 4.90 Å². The van der Waals surface area contributed by atoms with E-state index in [1.807, 2.05) is 4.90 Å². The van der Waals surface area contributed by atoms with E-state index >= 15 is 0 Å². The zero-order valence-corrected chi connectivity index (χ0v) is 13.3. The molecule has 2 aliphatic heterocycles. The second kappa shape index (κ2) is 5.37. The monoisotopic (exact) mass is 329 g/mol. The number of hydrogen-bond acceptors (Lipinski definition) is 5. The van der Waals surface area contributed by atoms with Crippen LogP contribution in [0.1, 0.15) is 12.8 Å². The summed E-state index contributed by atoms with van der Waals surface area (Å²) in [6.45, 7) is 1.59. The lowest BCUT2D eigenvalue weighted by Crippen LogP contribution is -2.45. The highest BCUT2D eigenvalue weighted by Gasteiger charge is 2.48. The molecule has 0 bridgehead atoms. The van der Waals surface area contributed by atoms with Gasteiger partial charge in [0.05, 0.1) is 21.7 Å². The molecule has 116 valence electrons. The van der Waals surface area contributed by atoms with Crippen molar-refractivity contribution in [2.24, 2.45) is 0 Å². The Morgan fingerprint density at radius 3 is 2.24 bits per heavy atom. The number of sulfone groups is 2. The van der Waals surface area contributed by atoms with E-state index in [-0.39, 0.29) is 16.4 Å². The largest absolute Gasteiger partial charge is 0.298 e. The standard InChI is InChI=1S/C14H19NO4S2/c16-20(17)10-13(15-8-4-5-9-15)14(11-20)21(18,19)12-6-2-1-3-7-12/h1-3,6-7,13-14H,4-5,8-11H2. The van der Waals surface area contributed by atoms with Gasteiger partial charge in [-0.15, -0.1) is 0 Å². The Balaban J connectivity index is 1.98. The lowest BCUT2D eigenvalue weighted by molar-refractivity contribution is 0.264. The third kappa shape index (κ3) is 2.86. The first kappa shape index (κ1) is 15.0. The van der Waals surface area contributed by atoms with Gasteiger partial charge in [0, 0.05) is 6.04 Å². The first-order valence-electron chi connectivity index (χ1n) is 7.14. The topological polar surface area (TPSA) is 71.5 Å². The maximum absolute atomic E-state index is 12.8. The first-order chi connectivity index (χ1) is 9.90. The fourth-order valence-corrected chi connectivity index (χ4v) is 8.14. The van der Waals surface area contributed by atoms with Crippen molar-refractivity contribution in [2.45, 2.75) is 29.0 Å². The van der Waals surface area contributed by atoms with Gasteiger partial charge in [-0.05, 0) is 38.1 Å². The van der Waals surface area contributed by atoms with Crippen LogP contribution in [0.15, 0.2) is 35.2 Å². The van der Waals surface area contributed by atoms with E-state index in [1.54, 1.807) is 30.3 Å². The summed E-state index contributed by atoms with van der Waals surface area (Å²) in [5.41, 5.74) is 0. The average Bonchev–Trinajstić information content (AvgIpc) is 3.07. The molecule has 2 aliphatic rings. The molecule has 0 saturated carbocycles. The molecule has 5 nitrogen and oxygen atoms in total. The molecule has 0 spiro atoms. The van der Waals surface area contributed by atoms with Gasteiger partial charge in [0.2, 0.25) is 0 Å². The van der Waals surface area contributed by atoms with Crippen molar-refractivity contribution in [2.75, 3.05) is 24.6 Å². The summed E-state index contributed by atoms with van der Waals surface area (Å²) in [5, 5.41) is -0.844. The highest BCUT2D eigenvalue weighted by atomic mass is 32.2. The lowest BCUT2D eigenvalue weighted by Gasteiger charge is -2.27. The fraction of sp³-hybridized carbons (Fsp3) is 0.571. The van der Waals surface area contributed by atoms with Crippen LogP contribution in [0.25, 0.3) is 0 Å². The SMILES string of the molecule is O=S1(=O)CC(N2CCCC2)C(S(=O)(=O)c2ccccc2)C1. The predicted octanol–water partition coefficient (Wildman–Crippen LogP) is 0.722. The Morgan fingerprint density at radius 2 is 1.62 bits per heavy atom. The van der Waals surface area contributed by atoms with E-state index < -0.39 is 31.0 Å². The molecule has 0 amide bonds. The molecule has 2 unspecified atom stereocenters. The van der Waals surface area contributed by atoms with E-state index in [1.165, 1.54) is 0 Å². The third-order valence-electron chi connectivity index (χ3n) is 4.35. The Morgan fingerprint density at radius 1 is 1.00 bits per heavy atom. The van der Waals surface area contributed by atoms with Crippen LogP contribution in [0.5, 0.6) is 0 Å². The molecule has 21 heavy (non-hydrogen) atoms. The minimum atomic E-state index is -3.62. The minimum absolute atomic E-state index is 0.0380. The van der Waals surface area contributed by atoms with Crippen molar-refractivity contribution in [3.63, 3.8) is 0 Å². The van der Waals surface area contributed by atoms with Gasteiger partial charge in [-0.1, -0.05) is 18.2 Å². The molecule has 0 aromatic heterocycles. The number of rotatable bonds is 3. The Hall–Kier alpha value is -0.920. The van der Waals surface area contributed by atoms with Crippen molar-refractivity contribution in [3.8, 4) is 0 Å².